The van der Waals surface area contributed by atoms with Gasteiger partial charge in [-0.25, -0.2) is 0 Å². The summed E-state index contributed by atoms with van der Waals surface area (Å²) in [7, 11) is 3.65. The van der Waals surface area contributed by atoms with Crippen molar-refractivity contribution in [2.24, 2.45) is 31.8 Å². The molecule has 2 bridgehead atoms. The van der Waals surface area contributed by atoms with Crippen LogP contribution in [-0.2, 0) is 23.7 Å². The maximum Gasteiger partial charge on any atom is 0.295 e. The molecule has 2 saturated carbocycles. The Hall–Kier alpha value is -2.90. The maximum atomic E-state index is 13.5. The number of amides is 1. The number of hydrogen-bond donors (Lipinski definition) is 1. The first-order valence-corrected chi connectivity index (χ1v) is 11.9. The second-order valence-corrected chi connectivity index (χ2v) is 10.3. The summed E-state index contributed by atoms with van der Waals surface area (Å²) >= 11 is 0. The van der Waals surface area contributed by atoms with E-state index in [0.29, 0.717) is 23.1 Å². The van der Waals surface area contributed by atoms with Crippen LogP contribution in [0, 0.1) is 38.5 Å². The Bertz CT molecular complexity index is 1190. The van der Waals surface area contributed by atoms with Gasteiger partial charge in [0, 0.05) is 37.1 Å². The van der Waals surface area contributed by atoms with Crippen LogP contribution in [0.5, 0.6) is 0 Å². The van der Waals surface area contributed by atoms with Crippen LogP contribution < -0.4 is 0 Å². The minimum Gasteiger partial charge on any atom is -0.507 e. The van der Waals surface area contributed by atoms with Crippen molar-refractivity contribution < 1.29 is 14.7 Å². The number of likely N-dealkylation sites (tertiary alicyclic amines) is 1. The van der Waals surface area contributed by atoms with Crippen LogP contribution in [0.3, 0.4) is 0 Å². The third-order valence-electron chi connectivity index (χ3n) is 8.64. The Kier molecular flexibility index (Phi) is 5.03. The van der Waals surface area contributed by atoms with Crippen molar-refractivity contribution in [1.29, 1.82) is 0 Å². The van der Waals surface area contributed by atoms with Crippen LogP contribution in [0.25, 0.3) is 5.76 Å². The second-order valence-electron chi connectivity index (χ2n) is 10.3. The largest absolute Gasteiger partial charge is 0.507 e. The quantitative estimate of drug-likeness (QED) is 0.437. The molecule has 0 unspecified atom stereocenters. The van der Waals surface area contributed by atoms with Crippen molar-refractivity contribution in [3.63, 3.8) is 0 Å². The highest BCUT2D eigenvalue weighted by Crippen LogP contribution is 2.52. The number of rotatable bonds is 4. The van der Waals surface area contributed by atoms with E-state index in [-0.39, 0.29) is 17.4 Å². The minimum atomic E-state index is -0.660. The third-order valence-corrected chi connectivity index (χ3v) is 8.64. The molecule has 1 saturated heterocycles. The Morgan fingerprint density at radius 3 is 2.33 bits per heavy atom. The fourth-order valence-corrected chi connectivity index (χ4v) is 6.70. The minimum absolute atomic E-state index is 0.0947. The van der Waals surface area contributed by atoms with Gasteiger partial charge in [0.15, 0.2) is 0 Å². The summed E-state index contributed by atoms with van der Waals surface area (Å²) in [4.78, 5) is 28.7. The van der Waals surface area contributed by atoms with Gasteiger partial charge >= 0.3 is 0 Å². The van der Waals surface area contributed by atoms with Crippen LogP contribution in [0.4, 0.5) is 0 Å². The van der Waals surface area contributed by atoms with Gasteiger partial charge in [-0.3, -0.25) is 19.0 Å². The molecule has 8 nitrogen and oxygen atoms in total. The summed E-state index contributed by atoms with van der Waals surface area (Å²) in [6.07, 6.45) is 6.53. The number of aryl methyl sites for hydroxylation is 3. The summed E-state index contributed by atoms with van der Waals surface area (Å²) < 4.78 is 3.43. The molecule has 1 amide bonds. The van der Waals surface area contributed by atoms with E-state index in [1.807, 2.05) is 20.9 Å². The summed E-state index contributed by atoms with van der Waals surface area (Å²) in [5, 5.41) is 20.3. The summed E-state index contributed by atoms with van der Waals surface area (Å²) in [6.45, 7) is 7.68. The van der Waals surface area contributed by atoms with E-state index in [0.717, 1.165) is 29.3 Å². The highest BCUT2D eigenvalue weighted by Gasteiger charge is 2.53. The molecule has 2 aromatic heterocycles. The van der Waals surface area contributed by atoms with E-state index in [1.165, 1.54) is 19.3 Å². The summed E-state index contributed by atoms with van der Waals surface area (Å²) in [6, 6.07) is -0.755. The van der Waals surface area contributed by atoms with Gasteiger partial charge in [-0.2, -0.15) is 10.2 Å². The summed E-state index contributed by atoms with van der Waals surface area (Å²) in [5.74, 6) is 0.417. The van der Waals surface area contributed by atoms with Crippen molar-refractivity contribution in [2.75, 3.05) is 0 Å². The fraction of sp³-hybridized carbons (Fsp3) is 0.600. The number of Topliss-reactive ketones (excluding diaryl/α,β-unsaturated/α-hetero) is 1. The number of ketones is 1. The third kappa shape index (κ3) is 3.09. The molecule has 3 fully saturated rings. The van der Waals surface area contributed by atoms with Gasteiger partial charge in [-0.15, -0.1) is 0 Å². The summed E-state index contributed by atoms with van der Waals surface area (Å²) in [5.41, 5.74) is 3.70. The van der Waals surface area contributed by atoms with Crippen molar-refractivity contribution in [2.45, 2.75) is 65.5 Å². The molecule has 0 spiro atoms. The molecule has 2 aromatic rings. The molecular weight excluding hydrogens is 418 g/mol. The number of aromatic nitrogens is 4. The first kappa shape index (κ1) is 21.9. The SMILES string of the molecule is Cc1nn(C)c(C)c1C(O)=C1C(=O)C(=O)N([C@H](C)[C@H]2C[C@H]3CC[C@H]2C3)[C@H]1c1cnn(C)c1C. The molecule has 2 aliphatic carbocycles. The van der Waals surface area contributed by atoms with E-state index < -0.39 is 17.7 Å². The maximum absolute atomic E-state index is 13.5. The Morgan fingerprint density at radius 1 is 1.09 bits per heavy atom. The number of aliphatic hydroxyl groups excluding tert-OH is 1. The molecule has 176 valence electrons. The second kappa shape index (κ2) is 7.57. The highest BCUT2D eigenvalue weighted by molar-refractivity contribution is 6.46. The lowest BCUT2D eigenvalue weighted by molar-refractivity contribution is -0.142. The van der Waals surface area contributed by atoms with Gasteiger partial charge in [0.05, 0.1) is 29.1 Å². The van der Waals surface area contributed by atoms with Gasteiger partial charge in [0.2, 0.25) is 0 Å². The van der Waals surface area contributed by atoms with Crippen molar-refractivity contribution in [3.8, 4) is 0 Å². The van der Waals surface area contributed by atoms with E-state index in [9.17, 15) is 14.7 Å². The van der Waals surface area contributed by atoms with E-state index in [1.54, 1.807) is 34.4 Å². The Balaban J connectivity index is 1.68. The van der Waals surface area contributed by atoms with Crippen molar-refractivity contribution in [1.82, 2.24) is 24.5 Å². The Labute approximate surface area is 194 Å². The monoisotopic (exact) mass is 451 g/mol. The van der Waals surface area contributed by atoms with Crippen LogP contribution in [0.1, 0.15) is 66.9 Å². The number of carbonyl (C=O) groups is 2. The van der Waals surface area contributed by atoms with Gasteiger partial charge < -0.3 is 10.0 Å². The highest BCUT2D eigenvalue weighted by atomic mass is 16.3. The molecule has 1 aliphatic heterocycles. The predicted octanol–water partition coefficient (Wildman–Crippen LogP) is 3.33. The van der Waals surface area contributed by atoms with Crippen molar-refractivity contribution in [3.05, 3.63) is 40.0 Å². The molecule has 33 heavy (non-hydrogen) atoms. The Morgan fingerprint density at radius 2 is 1.82 bits per heavy atom. The molecular formula is C25H33N5O3. The average Bonchev–Trinajstić information content (AvgIpc) is 3.56. The lowest BCUT2D eigenvalue weighted by Crippen LogP contribution is -2.43. The van der Waals surface area contributed by atoms with E-state index in [2.05, 4.69) is 17.1 Å². The number of aliphatic hydroxyl groups is 1. The van der Waals surface area contributed by atoms with Crippen LogP contribution in [0.15, 0.2) is 11.8 Å². The number of nitrogens with zero attached hydrogens (tertiary/aromatic N) is 5. The molecule has 0 aromatic carbocycles. The zero-order valence-electron chi connectivity index (χ0n) is 20.3. The van der Waals surface area contributed by atoms with Gasteiger partial charge in [-0.05, 0) is 64.7 Å². The van der Waals surface area contributed by atoms with Gasteiger partial charge in [0.1, 0.15) is 5.76 Å². The first-order chi connectivity index (χ1) is 15.6. The molecule has 5 atom stereocenters. The van der Waals surface area contributed by atoms with Crippen LogP contribution >= 0.6 is 0 Å². The van der Waals surface area contributed by atoms with E-state index in [4.69, 9.17) is 0 Å². The topological polar surface area (TPSA) is 93.2 Å². The molecule has 3 heterocycles. The molecule has 1 N–H and O–H groups in total. The molecule has 0 radical (unpaired) electrons. The number of fused-ring (bicyclic) bond motifs is 2. The predicted molar refractivity (Wildman–Crippen MR) is 123 cm³/mol. The van der Waals surface area contributed by atoms with Crippen LogP contribution in [0.2, 0.25) is 0 Å². The fourth-order valence-electron chi connectivity index (χ4n) is 6.70. The first-order valence-electron chi connectivity index (χ1n) is 11.9. The number of carbonyl (C=O) groups excluding carboxylic acids is 2. The zero-order chi connectivity index (χ0) is 23.8. The standard InChI is InChI=1S/C25H33N5O3/c1-12-20(15(4)29(6)27-12)23(31)21-22(19-11-26-28(5)13(19)2)30(25(33)24(21)32)14(3)18-10-16-7-8-17(18)9-16/h11,14,16-18,22,31H,7-10H2,1-6H3/t14-,16+,17+,18-,22+/m1/s1. The smallest absolute Gasteiger partial charge is 0.295 e. The lowest BCUT2D eigenvalue weighted by atomic mass is 9.82. The molecule has 5 rings (SSSR count). The number of hydrogen-bond acceptors (Lipinski definition) is 5. The lowest BCUT2D eigenvalue weighted by Gasteiger charge is -2.37. The molecule has 8 heteroatoms. The zero-order valence-corrected chi connectivity index (χ0v) is 20.3. The van der Waals surface area contributed by atoms with Gasteiger partial charge in [-0.1, -0.05) is 6.42 Å². The van der Waals surface area contributed by atoms with Crippen LogP contribution in [-0.4, -0.2) is 47.3 Å². The normalized spacial score (nSPS) is 29.5. The van der Waals surface area contributed by atoms with E-state index >= 15 is 0 Å². The average molecular weight is 452 g/mol. The van der Waals surface area contributed by atoms with Gasteiger partial charge in [0.25, 0.3) is 11.7 Å². The molecule has 3 aliphatic rings. The van der Waals surface area contributed by atoms with Crippen molar-refractivity contribution >= 4 is 17.4 Å².